The SMILES string of the molecule is CCN1CCN(C(=O)C(=O)NCCc2ccc(OC)cc2)CC1. The lowest BCUT2D eigenvalue weighted by Crippen LogP contribution is -2.52. The van der Waals surface area contributed by atoms with Gasteiger partial charge in [0.1, 0.15) is 5.75 Å². The number of carbonyl (C=O) groups is 2. The van der Waals surface area contributed by atoms with Crippen LogP contribution in [0, 0.1) is 0 Å². The number of methoxy groups -OCH3 is 1. The van der Waals surface area contributed by atoms with E-state index in [9.17, 15) is 9.59 Å². The highest BCUT2D eigenvalue weighted by molar-refractivity contribution is 6.35. The molecular weight excluding hydrogens is 294 g/mol. The molecule has 2 rings (SSSR count). The molecule has 0 bridgehead atoms. The fourth-order valence-electron chi connectivity index (χ4n) is 2.60. The summed E-state index contributed by atoms with van der Waals surface area (Å²) in [6.07, 6.45) is 0.687. The van der Waals surface area contributed by atoms with Crippen molar-refractivity contribution < 1.29 is 14.3 Å². The molecule has 1 heterocycles. The Morgan fingerprint density at radius 2 is 1.78 bits per heavy atom. The summed E-state index contributed by atoms with van der Waals surface area (Å²) in [5.74, 6) is -0.127. The lowest BCUT2D eigenvalue weighted by Gasteiger charge is -2.33. The van der Waals surface area contributed by atoms with E-state index in [0.717, 1.165) is 30.9 Å². The molecule has 2 amide bonds. The zero-order valence-corrected chi connectivity index (χ0v) is 13.9. The number of nitrogens with one attached hydrogen (secondary N) is 1. The molecule has 0 unspecified atom stereocenters. The average molecular weight is 319 g/mol. The molecule has 0 saturated carbocycles. The Labute approximate surface area is 137 Å². The van der Waals surface area contributed by atoms with Gasteiger partial charge in [0, 0.05) is 32.7 Å². The lowest BCUT2D eigenvalue weighted by atomic mass is 10.1. The van der Waals surface area contributed by atoms with Gasteiger partial charge >= 0.3 is 11.8 Å². The Morgan fingerprint density at radius 3 is 2.35 bits per heavy atom. The van der Waals surface area contributed by atoms with E-state index in [2.05, 4.69) is 17.1 Å². The van der Waals surface area contributed by atoms with Crippen LogP contribution in [-0.4, -0.2) is 68.0 Å². The molecule has 0 radical (unpaired) electrons. The fraction of sp³-hybridized carbons (Fsp3) is 0.529. The molecule has 0 aliphatic carbocycles. The number of piperazine rings is 1. The summed E-state index contributed by atoms with van der Waals surface area (Å²) in [4.78, 5) is 27.9. The maximum Gasteiger partial charge on any atom is 0.311 e. The predicted molar refractivity (Wildman–Crippen MR) is 88.4 cm³/mol. The third-order valence-electron chi connectivity index (χ3n) is 4.16. The molecule has 23 heavy (non-hydrogen) atoms. The van der Waals surface area contributed by atoms with Crippen LogP contribution < -0.4 is 10.1 Å². The maximum absolute atomic E-state index is 12.1. The van der Waals surface area contributed by atoms with Crippen molar-refractivity contribution in [1.29, 1.82) is 0 Å². The van der Waals surface area contributed by atoms with E-state index in [1.165, 1.54) is 0 Å². The average Bonchev–Trinajstić information content (AvgIpc) is 2.61. The highest BCUT2D eigenvalue weighted by atomic mass is 16.5. The van der Waals surface area contributed by atoms with Crippen LogP contribution in [0.5, 0.6) is 5.75 Å². The van der Waals surface area contributed by atoms with Gasteiger partial charge in [-0.1, -0.05) is 19.1 Å². The van der Waals surface area contributed by atoms with Crippen molar-refractivity contribution in [2.75, 3.05) is 46.4 Å². The molecular formula is C17H25N3O3. The number of ether oxygens (including phenoxy) is 1. The Morgan fingerprint density at radius 1 is 1.13 bits per heavy atom. The highest BCUT2D eigenvalue weighted by Crippen LogP contribution is 2.11. The van der Waals surface area contributed by atoms with Crippen LogP contribution in [0.2, 0.25) is 0 Å². The third kappa shape index (κ3) is 4.96. The molecule has 0 spiro atoms. The standard InChI is InChI=1S/C17H25N3O3/c1-3-19-10-12-20(13-11-19)17(22)16(21)18-9-8-14-4-6-15(23-2)7-5-14/h4-7H,3,8-13H2,1-2H3,(H,18,21). The predicted octanol–water partition coefficient (Wildman–Crippen LogP) is 0.518. The van der Waals surface area contributed by atoms with Crippen LogP contribution in [0.15, 0.2) is 24.3 Å². The summed E-state index contributed by atoms with van der Waals surface area (Å²) in [6.45, 7) is 6.45. The molecule has 1 aromatic carbocycles. The van der Waals surface area contributed by atoms with Crippen LogP contribution in [0.25, 0.3) is 0 Å². The van der Waals surface area contributed by atoms with E-state index in [1.807, 2.05) is 24.3 Å². The topological polar surface area (TPSA) is 61.9 Å². The summed E-state index contributed by atoms with van der Waals surface area (Å²) in [5, 5.41) is 2.71. The van der Waals surface area contributed by atoms with E-state index in [1.54, 1.807) is 12.0 Å². The number of hydrogen-bond acceptors (Lipinski definition) is 4. The van der Waals surface area contributed by atoms with Crippen molar-refractivity contribution >= 4 is 11.8 Å². The van der Waals surface area contributed by atoms with Gasteiger partial charge in [-0.3, -0.25) is 9.59 Å². The molecule has 1 aliphatic rings. The van der Waals surface area contributed by atoms with Crippen molar-refractivity contribution in [3.63, 3.8) is 0 Å². The van der Waals surface area contributed by atoms with Crippen LogP contribution in [0.3, 0.4) is 0 Å². The van der Waals surface area contributed by atoms with E-state index in [4.69, 9.17) is 4.74 Å². The summed E-state index contributed by atoms with van der Waals surface area (Å²) in [6, 6.07) is 7.68. The second-order valence-electron chi connectivity index (χ2n) is 5.58. The maximum atomic E-state index is 12.1. The van der Waals surface area contributed by atoms with Gasteiger partial charge in [-0.25, -0.2) is 0 Å². The number of rotatable bonds is 5. The van der Waals surface area contributed by atoms with Gasteiger partial charge in [-0.15, -0.1) is 0 Å². The first-order valence-corrected chi connectivity index (χ1v) is 8.06. The number of nitrogens with zero attached hydrogens (tertiary/aromatic N) is 2. The summed E-state index contributed by atoms with van der Waals surface area (Å²) in [5.41, 5.74) is 1.09. The van der Waals surface area contributed by atoms with E-state index >= 15 is 0 Å². The largest absolute Gasteiger partial charge is 0.497 e. The molecule has 1 aliphatic heterocycles. The van der Waals surface area contributed by atoms with Gasteiger partial charge in [0.2, 0.25) is 0 Å². The van der Waals surface area contributed by atoms with Crippen molar-refractivity contribution in [3.05, 3.63) is 29.8 Å². The molecule has 126 valence electrons. The van der Waals surface area contributed by atoms with Crippen molar-refractivity contribution in [2.45, 2.75) is 13.3 Å². The first-order valence-electron chi connectivity index (χ1n) is 8.06. The van der Waals surface area contributed by atoms with Gasteiger partial charge in [-0.05, 0) is 30.7 Å². The number of hydrogen-bond donors (Lipinski definition) is 1. The molecule has 0 atom stereocenters. The Kier molecular flexibility index (Phi) is 6.40. The molecule has 6 nitrogen and oxygen atoms in total. The Bertz CT molecular complexity index is 522. The third-order valence-corrected chi connectivity index (χ3v) is 4.16. The van der Waals surface area contributed by atoms with Gasteiger partial charge < -0.3 is 19.9 Å². The number of amides is 2. The summed E-state index contributed by atoms with van der Waals surface area (Å²) in [7, 11) is 1.63. The minimum absolute atomic E-state index is 0.421. The fourth-order valence-corrected chi connectivity index (χ4v) is 2.60. The van der Waals surface area contributed by atoms with E-state index < -0.39 is 11.8 Å². The van der Waals surface area contributed by atoms with Crippen molar-refractivity contribution in [2.24, 2.45) is 0 Å². The van der Waals surface area contributed by atoms with Crippen LogP contribution in [-0.2, 0) is 16.0 Å². The highest BCUT2D eigenvalue weighted by Gasteiger charge is 2.24. The number of likely N-dealkylation sites (N-methyl/N-ethyl adjacent to an activating group) is 1. The minimum atomic E-state index is -0.511. The molecule has 1 fully saturated rings. The van der Waals surface area contributed by atoms with E-state index in [0.29, 0.717) is 26.1 Å². The molecule has 1 aromatic rings. The molecule has 0 aromatic heterocycles. The first-order chi connectivity index (χ1) is 11.1. The van der Waals surface area contributed by atoms with Gasteiger partial charge in [0.25, 0.3) is 0 Å². The molecule has 6 heteroatoms. The van der Waals surface area contributed by atoms with Crippen molar-refractivity contribution in [1.82, 2.24) is 15.1 Å². The number of benzene rings is 1. The Hall–Kier alpha value is -2.08. The van der Waals surface area contributed by atoms with E-state index in [-0.39, 0.29) is 0 Å². The van der Waals surface area contributed by atoms with Gasteiger partial charge in [-0.2, -0.15) is 0 Å². The first kappa shape index (κ1) is 17.3. The van der Waals surface area contributed by atoms with Crippen LogP contribution >= 0.6 is 0 Å². The van der Waals surface area contributed by atoms with Crippen LogP contribution in [0.1, 0.15) is 12.5 Å². The summed E-state index contributed by atoms with van der Waals surface area (Å²) < 4.78 is 5.10. The monoisotopic (exact) mass is 319 g/mol. The van der Waals surface area contributed by atoms with Crippen LogP contribution in [0.4, 0.5) is 0 Å². The smallest absolute Gasteiger partial charge is 0.311 e. The van der Waals surface area contributed by atoms with Crippen molar-refractivity contribution in [3.8, 4) is 5.75 Å². The quantitative estimate of drug-likeness (QED) is 0.804. The number of carbonyl (C=O) groups excluding carboxylic acids is 2. The molecule has 1 saturated heterocycles. The van der Waals surface area contributed by atoms with Gasteiger partial charge in [0.15, 0.2) is 0 Å². The zero-order chi connectivity index (χ0) is 16.7. The Balaban J connectivity index is 1.72. The lowest BCUT2D eigenvalue weighted by molar-refractivity contribution is -0.146. The summed E-state index contributed by atoms with van der Waals surface area (Å²) >= 11 is 0. The zero-order valence-electron chi connectivity index (χ0n) is 13.9. The van der Waals surface area contributed by atoms with Gasteiger partial charge in [0.05, 0.1) is 7.11 Å². The second-order valence-corrected chi connectivity index (χ2v) is 5.58. The second kappa shape index (κ2) is 8.53. The molecule has 1 N–H and O–H groups in total. The minimum Gasteiger partial charge on any atom is -0.497 e. The normalized spacial score (nSPS) is 15.3.